The van der Waals surface area contributed by atoms with Crippen molar-refractivity contribution in [1.82, 2.24) is 14.9 Å². The van der Waals surface area contributed by atoms with Crippen LogP contribution in [0.5, 0.6) is 0 Å². The third-order valence-corrected chi connectivity index (χ3v) is 7.40. The van der Waals surface area contributed by atoms with Gasteiger partial charge in [0.05, 0.1) is 6.20 Å². The van der Waals surface area contributed by atoms with Crippen molar-refractivity contribution < 1.29 is 4.79 Å². The van der Waals surface area contributed by atoms with Crippen LogP contribution in [0, 0.1) is 12.8 Å². The van der Waals surface area contributed by atoms with Gasteiger partial charge in [0.15, 0.2) is 0 Å². The van der Waals surface area contributed by atoms with E-state index < -0.39 is 0 Å². The SMILES string of the molecule is CC(=O)N1CC2(CCN(C[C@H]3CCN(c4cnccn4)C3)CC2)c2c(C)cccc21. The number of nitrogens with zero attached hydrogens (tertiary/aromatic N) is 5. The third-order valence-electron chi connectivity index (χ3n) is 7.40. The van der Waals surface area contributed by atoms with Gasteiger partial charge < -0.3 is 14.7 Å². The van der Waals surface area contributed by atoms with E-state index in [4.69, 9.17) is 0 Å². The van der Waals surface area contributed by atoms with Gasteiger partial charge in [0.1, 0.15) is 5.82 Å². The predicted octanol–water partition coefficient (Wildman–Crippen LogP) is 3.01. The van der Waals surface area contributed by atoms with Crippen LogP contribution in [0.3, 0.4) is 0 Å². The summed E-state index contributed by atoms with van der Waals surface area (Å²) < 4.78 is 0. The lowest BCUT2D eigenvalue weighted by Gasteiger charge is -2.41. The van der Waals surface area contributed by atoms with Crippen LogP contribution in [0.25, 0.3) is 0 Å². The number of hydrogen-bond donors (Lipinski definition) is 0. The normalized spacial score (nSPS) is 23.2. The Labute approximate surface area is 178 Å². The van der Waals surface area contributed by atoms with Gasteiger partial charge in [-0.15, -0.1) is 0 Å². The molecule has 158 valence electrons. The van der Waals surface area contributed by atoms with E-state index in [9.17, 15) is 4.79 Å². The van der Waals surface area contributed by atoms with Gasteiger partial charge in [-0.2, -0.15) is 0 Å². The molecule has 3 aliphatic rings. The number of rotatable bonds is 3. The zero-order chi connectivity index (χ0) is 20.7. The average Bonchev–Trinajstić information content (AvgIpc) is 3.35. The lowest BCUT2D eigenvalue weighted by atomic mass is 9.72. The Bertz CT molecular complexity index is 922. The summed E-state index contributed by atoms with van der Waals surface area (Å²) in [6, 6.07) is 6.42. The fourth-order valence-corrected chi connectivity index (χ4v) is 5.90. The van der Waals surface area contributed by atoms with Crippen LogP contribution in [0.4, 0.5) is 11.5 Å². The highest BCUT2D eigenvalue weighted by atomic mass is 16.2. The Morgan fingerprint density at radius 2 is 2.03 bits per heavy atom. The molecule has 30 heavy (non-hydrogen) atoms. The molecule has 4 heterocycles. The standard InChI is InChI=1S/C24H31N5O/c1-18-4-3-5-21-23(18)24(17-29(21)19(2)30)7-12-27(13-8-24)15-20-6-11-28(16-20)22-14-25-9-10-26-22/h3-5,9-10,14,20H,6-8,11-13,15-17H2,1-2H3/t20-/m1/s1. The maximum absolute atomic E-state index is 12.3. The first-order valence-corrected chi connectivity index (χ1v) is 11.2. The Morgan fingerprint density at radius 3 is 2.77 bits per heavy atom. The molecule has 1 aromatic carbocycles. The van der Waals surface area contributed by atoms with Crippen LogP contribution < -0.4 is 9.80 Å². The van der Waals surface area contributed by atoms with Crippen molar-refractivity contribution in [3.05, 3.63) is 47.9 Å². The quantitative estimate of drug-likeness (QED) is 0.786. The van der Waals surface area contributed by atoms with Gasteiger partial charge in [-0.1, -0.05) is 12.1 Å². The largest absolute Gasteiger partial charge is 0.355 e. The first kappa shape index (κ1) is 19.5. The fourth-order valence-electron chi connectivity index (χ4n) is 5.90. The van der Waals surface area contributed by atoms with Gasteiger partial charge in [-0.25, -0.2) is 4.98 Å². The zero-order valence-electron chi connectivity index (χ0n) is 18.0. The number of hydrogen-bond acceptors (Lipinski definition) is 5. The summed E-state index contributed by atoms with van der Waals surface area (Å²) in [5.74, 6) is 1.85. The average molecular weight is 406 g/mol. The highest BCUT2D eigenvalue weighted by Gasteiger charge is 2.46. The molecule has 0 saturated carbocycles. The monoisotopic (exact) mass is 405 g/mol. The van der Waals surface area contributed by atoms with E-state index in [-0.39, 0.29) is 11.3 Å². The molecule has 0 radical (unpaired) electrons. The molecule has 0 bridgehead atoms. The number of carbonyl (C=O) groups excluding carboxylic acids is 1. The molecule has 0 aliphatic carbocycles. The minimum absolute atomic E-state index is 0.129. The van der Waals surface area contributed by atoms with Crippen molar-refractivity contribution in [1.29, 1.82) is 0 Å². The van der Waals surface area contributed by atoms with E-state index in [1.54, 1.807) is 19.3 Å². The summed E-state index contributed by atoms with van der Waals surface area (Å²) >= 11 is 0. The summed E-state index contributed by atoms with van der Waals surface area (Å²) in [7, 11) is 0. The second-order valence-corrected chi connectivity index (χ2v) is 9.32. The summed E-state index contributed by atoms with van der Waals surface area (Å²) in [5, 5.41) is 0. The van der Waals surface area contributed by atoms with Crippen molar-refractivity contribution in [3.8, 4) is 0 Å². The molecule has 0 unspecified atom stereocenters. The summed E-state index contributed by atoms with van der Waals surface area (Å²) in [4.78, 5) is 28.0. The molecule has 5 rings (SSSR count). The molecular formula is C24H31N5O. The molecule has 1 spiro atoms. The highest BCUT2D eigenvalue weighted by Crippen LogP contribution is 2.48. The van der Waals surface area contributed by atoms with Gasteiger partial charge in [-0.05, 0) is 62.4 Å². The first-order valence-electron chi connectivity index (χ1n) is 11.2. The Morgan fingerprint density at radius 1 is 1.20 bits per heavy atom. The number of fused-ring (bicyclic) bond motifs is 2. The van der Waals surface area contributed by atoms with Crippen molar-refractivity contribution in [2.75, 3.05) is 49.1 Å². The smallest absolute Gasteiger partial charge is 0.223 e. The van der Waals surface area contributed by atoms with Crippen LogP contribution in [0.1, 0.15) is 37.3 Å². The predicted molar refractivity (Wildman–Crippen MR) is 119 cm³/mol. The van der Waals surface area contributed by atoms with Crippen molar-refractivity contribution in [2.45, 2.75) is 38.5 Å². The molecular weight excluding hydrogens is 374 g/mol. The summed E-state index contributed by atoms with van der Waals surface area (Å²) in [5.41, 5.74) is 4.03. The summed E-state index contributed by atoms with van der Waals surface area (Å²) in [6.07, 6.45) is 8.87. The first-order chi connectivity index (χ1) is 14.6. The molecule has 0 N–H and O–H groups in total. The van der Waals surface area contributed by atoms with Crippen LogP contribution in [0.15, 0.2) is 36.8 Å². The second-order valence-electron chi connectivity index (χ2n) is 9.32. The molecule has 6 nitrogen and oxygen atoms in total. The Kier molecular flexibility index (Phi) is 4.97. The Balaban J connectivity index is 1.24. The maximum atomic E-state index is 12.3. The molecule has 3 aliphatic heterocycles. The van der Waals surface area contributed by atoms with Crippen LogP contribution >= 0.6 is 0 Å². The van der Waals surface area contributed by atoms with Gasteiger partial charge in [-0.3, -0.25) is 9.78 Å². The van der Waals surface area contributed by atoms with E-state index in [2.05, 4.69) is 44.9 Å². The molecule has 1 atom stereocenters. The van der Waals surface area contributed by atoms with Crippen molar-refractivity contribution in [3.63, 3.8) is 0 Å². The minimum Gasteiger partial charge on any atom is -0.355 e. The number of piperidine rings is 1. The maximum Gasteiger partial charge on any atom is 0.223 e. The van der Waals surface area contributed by atoms with E-state index in [0.29, 0.717) is 5.92 Å². The zero-order valence-corrected chi connectivity index (χ0v) is 18.0. The van der Waals surface area contributed by atoms with E-state index in [0.717, 1.165) is 63.6 Å². The molecule has 1 amide bonds. The lowest BCUT2D eigenvalue weighted by molar-refractivity contribution is -0.116. The lowest BCUT2D eigenvalue weighted by Crippen LogP contribution is -2.47. The number of amides is 1. The van der Waals surface area contributed by atoms with Crippen molar-refractivity contribution >= 4 is 17.4 Å². The topological polar surface area (TPSA) is 52.6 Å². The van der Waals surface area contributed by atoms with Crippen LogP contribution in [-0.2, 0) is 10.2 Å². The molecule has 2 saturated heterocycles. The molecule has 1 aromatic heterocycles. The van der Waals surface area contributed by atoms with Gasteiger partial charge >= 0.3 is 0 Å². The van der Waals surface area contributed by atoms with E-state index >= 15 is 0 Å². The van der Waals surface area contributed by atoms with Gasteiger partial charge in [0.2, 0.25) is 5.91 Å². The second kappa shape index (κ2) is 7.65. The number of carbonyl (C=O) groups is 1. The number of aryl methyl sites for hydroxylation is 1. The van der Waals surface area contributed by atoms with Crippen LogP contribution in [-0.4, -0.2) is 60.0 Å². The van der Waals surface area contributed by atoms with E-state index in [1.165, 1.54) is 17.5 Å². The molecule has 2 fully saturated rings. The van der Waals surface area contributed by atoms with Crippen molar-refractivity contribution in [2.24, 2.45) is 5.92 Å². The summed E-state index contributed by atoms with van der Waals surface area (Å²) in [6.45, 7) is 10.3. The Hall–Kier alpha value is -2.47. The number of benzene rings is 1. The fraction of sp³-hybridized carbons (Fsp3) is 0.542. The van der Waals surface area contributed by atoms with Gasteiger partial charge in [0.25, 0.3) is 0 Å². The molecule has 2 aromatic rings. The number of likely N-dealkylation sites (tertiary alicyclic amines) is 1. The van der Waals surface area contributed by atoms with Crippen LogP contribution in [0.2, 0.25) is 0 Å². The number of aromatic nitrogens is 2. The highest BCUT2D eigenvalue weighted by molar-refractivity contribution is 5.95. The minimum atomic E-state index is 0.129. The van der Waals surface area contributed by atoms with E-state index in [1.807, 2.05) is 11.1 Å². The third kappa shape index (κ3) is 3.37. The van der Waals surface area contributed by atoms with Gasteiger partial charge in [0, 0.05) is 56.6 Å². The molecule has 6 heteroatoms. The number of anilines is 2.